The number of nitro benzene ring substituents is 2. The average Bonchev–Trinajstić information content (AvgIpc) is 3.74. The first kappa shape index (κ1) is 28.4. The zero-order valence-electron chi connectivity index (χ0n) is 23.1. The number of ether oxygens (including phenoxy) is 1. The summed E-state index contributed by atoms with van der Waals surface area (Å²) in [6.45, 7) is 0.347. The van der Waals surface area contributed by atoms with Gasteiger partial charge in [0.1, 0.15) is 17.3 Å². The number of para-hydroxylation sites is 1. The number of nitrogens with one attached hydrogen (secondary N) is 1. The number of amides is 1. The molecule has 13 heteroatoms. The normalized spacial score (nSPS) is 15.0. The maximum atomic E-state index is 13.7. The molecular weight excluding hydrogens is 586 g/mol. The predicted octanol–water partition coefficient (Wildman–Crippen LogP) is 7.10. The molecule has 1 aliphatic rings. The monoisotopic (exact) mass is 609 g/mol. The van der Waals surface area contributed by atoms with Crippen molar-refractivity contribution in [2.75, 3.05) is 13.7 Å². The Bertz CT molecular complexity index is 1980. The molecule has 0 radical (unpaired) electrons. The molecule has 220 valence electrons. The molecule has 0 unspecified atom stereocenters. The van der Waals surface area contributed by atoms with E-state index >= 15 is 0 Å². The number of non-ortho nitro benzene ring substituents is 2. The van der Waals surface area contributed by atoms with E-state index < -0.39 is 9.85 Å². The van der Waals surface area contributed by atoms with Gasteiger partial charge in [0.15, 0.2) is 5.17 Å². The van der Waals surface area contributed by atoms with E-state index in [9.17, 15) is 25.0 Å². The number of aromatic nitrogens is 1. The second-order valence-corrected chi connectivity index (χ2v) is 10.7. The van der Waals surface area contributed by atoms with Crippen molar-refractivity contribution in [1.82, 2.24) is 9.88 Å². The summed E-state index contributed by atoms with van der Waals surface area (Å²) < 4.78 is 11.3. The summed E-state index contributed by atoms with van der Waals surface area (Å²) in [5.74, 6) is 0.820. The summed E-state index contributed by atoms with van der Waals surface area (Å²) in [5.41, 5.74) is 2.88. The smallest absolute Gasteiger partial charge is 0.273 e. The van der Waals surface area contributed by atoms with E-state index in [2.05, 4.69) is 9.98 Å². The zero-order chi connectivity index (χ0) is 30.8. The Morgan fingerprint density at radius 3 is 2.50 bits per heavy atom. The SMILES string of the molecule is COc1cc([N+](=O)[O-])ccc1-c1ccc(/C=C2\SC(=Nc3ccc([N+](=O)[O-])cc3)N(CCc3c[nH]c4ccccc34)C2=O)o1. The molecule has 12 nitrogen and oxygen atoms in total. The number of furan rings is 1. The van der Waals surface area contributed by atoms with Gasteiger partial charge in [-0.1, -0.05) is 18.2 Å². The van der Waals surface area contributed by atoms with Crippen LogP contribution in [0.5, 0.6) is 5.75 Å². The molecule has 3 aromatic carbocycles. The maximum absolute atomic E-state index is 13.7. The highest BCUT2D eigenvalue weighted by Gasteiger charge is 2.34. The summed E-state index contributed by atoms with van der Waals surface area (Å²) >= 11 is 1.17. The molecule has 2 aromatic heterocycles. The first-order chi connectivity index (χ1) is 21.3. The van der Waals surface area contributed by atoms with Gasteiger partial charge in [-0.3, -0.25) is 29.9 Å². The van der Waals surface area contributed by atoms with Crippen molar-refractivity contribution in [3.63, 3.8) is 0 Å². The van der Waals surface area contributed by atoms with Gasteiger partial charge in [0.2, 0.25) is 0 Å². The van der Waals surface area contributed by atoms with Crippen LogP contribution in [0.1, 0.15) is 11.3 Å². The number of hydrogen-bond donors (Lipinski definition) is 1. The molecule has 44 heavy (non-hydrogen) atoms. The number of H-pyrrole nitrogens is 1. The minimum atomic E-state index is -0.507. The third-order valence-corrected chi connectivity index (χ3v) is 8.02. The Labute approximate surface area is 254 Å². The molecule has 5 aromatic rings. The summed E-state index contributed by atoms with van der Waals surface area (Å²) in [6.07, 6.45) is 4.11. The molecule has 6 rings (SSSR count). The third kappa shape index (κ3) is 5.68. The lowest BCUT2D eigenvalue weighted by Crippen LogP contribution is -2.31. The number of nitrogens with zero attached hydrogens (tertiary/aromatic N) is 4. The van der Waals surface area contributed by atoms with Gasteiger partial charge >= 0.3 is 0 Å². The van der Waals surface area contributed by atoms with Crippen LogP contribution in [-0.2, 0) is 11.2 Å². The first-order valence-electron chi connectivity index (χ1n) is 13.3. The number of methoxy groups -OCH3 is 1. The number of amidine groups is 1. The molecule has 0 spiro atoms. The molecule has 0 atom stereocenters. The number of hydrogen-bond acceptors (Lipinski definition) is 9. The van der Waals surface area contributed by atoms with E-state index in [1.165, 1.54) is 55.3 Å². The Hall–Kier alpha value is -5.69. The fourth-order valence-corrected chi connectivity index (χ4v) is 5.82. The fourth-order valence-electron chi connectivity index (χ4n) is 4.82. The lowest BCUT2D eigenvalue weighted by atomic mass is 10.1. The highest BCUT2D eigenvalue weighted by atomic mass is 32.2. The molecule has 3 heterocycles. The fraction of sp³-hybridized carbons (Fsp3) is 0.0968. The van der Waals surface area contributed by atoms with Crippen molar-refractivity contribution in [1.29, 1.82) is 0 Å². The van der Waals surface area contributed by atoms with Crippen molar-refractivity contribution >= 4 is 56.9 Å². The highest BCUT2D eigenvalue weighted by molar-refractivity contribution is 8.18. The Morgan fingerprint density at radius 2 is 1.75 bits per heavy atom. The van der Waals surface area contributed by atoms with Gasteiger partial charge in [-0.05, 0) is 60.1 Å². The van der Waals surface area contributed by atoms with Crippen LogP contribution >= 0.6 is 11.8 Å². The van der Waals surface area contributed by atoms with Crippen LogP contribution in [0.15, 0.2) is 99.4 Å². The van der Waals surface area contributed by atoms with Crippen LogP contribution in [0.25, 0.3) is 28.3 Å². The summed E-state index contributed by atoms with van der Waals surface area (Å²) in [4.78, 5) is 44.8. The van der Waals surface area contributed by atoms with E-state index in [1.54, 1.807) is 29.2 Å². The van der Waals surface area contributed by atoms with Gasteiger partial charge < -0.3 is 14.1 Å². The van der Waals surface area contributed by atoms with Crippen molar-refractivity contribution in [3.05, 3.63) is 122 Å². The van der Waals surface area contributed by atoms with E-state index in [0.717, 1.165) is 16.5 Å². The lowest BCUT2D eigenvalue weighted by molar-refractivity contribution is -0.385. The summed E-state index contributed by atoms with van der Waals surface area (Å²) in [5, 5.41) is 23.8. The third-order valence-electron chi connectivity index (χ3n) is 7.01. The zero-order valence-corrected chi connectivity index (χ0v) is 23.9. The van der Waals surface area contributed by atoms with Crippen molar-refractivity contribution < 1.29 is 23.8 Å². The number of nitro groups is 2. The van der Waals surface area contributed by atoms with Gasteiger partial charge in [-0.2, -0.15) is 0 Å². The van der Waals surface area contributed by atoms with Crippen LogP contribution in [0, 0.1) is 20.2 Å². The molecule has 1 N–H and O–H groups in total. The van der Waals surface area contributed by atoms with Gasteiger partial charge in [-0.15, -0.1) is 0 Å². The molecule has 0 aliphatic carbocycles. The number of carbonyl (C=O) groups is 1. The number of fused-ring (bicyclic) bond motifs is 1. The number of benzene rings is 3. The molecule has 1 fully saturated rings. The second kappa shape index (κ2) is 11.9. The Kier molecular flexibility index (Phi) is 7.69. The summed E-state index contributed by atoms with van der Waals surface area (Å²) in [7, 11) is 1.42. The molecular formula is C31H23N5O7S. The predicted molar refractivity (Wildman–Crippen MR) is 167 cm³/mol. The topological polar surface area (TPSA) is 157 Å². The van der Waals surface area contributed by atoms with Gasteiger partial charge in [0.05, 0.1) is 39.2 Å². The quantitative estimate of drug-likeness (QED) is 0.105. The average molecular weight is 610 g/mol. The number of aliphatic imine (C=N–C) groups is 1. The van der Waals surface area contributed by atoms with Crippen molar-refractivity contribution in [2.24, 2.45) is 4.99 Å². The van der Waals surface area contributed by atoms with Crippen LogP contribution < -0.4 is 4.74 Å². The molecule has 0 saturated carbocycles. The van der Waals surface area contributed by atoms with Gasteiger partial charge in [0.25, 0.3) is 17.3 Å². The van der Waals surface area contributed by atoms with Crippen molar-refractivity contribution in [3.8, 4) is 17.1 Å². The number of rotatable bonds is 9. The molecule has 0 bridgehead atoms. The standard InChI is InChI=1S/C31H23N5O7S/c1-42-28-16-22(36(40)41)10-12-25(28)27-13-11-23(43-27)17-29-30(37)34(15-14-19-18-32-26-5-3-2-4-24(19)26)31(44-29)33-20-6-8-21(9-7-20)35(38)39/h2-13,16-18,32H,14-15H2,1H3/b29-17-,33-31?. The van der Waals surface area contributed by atoms with Crippen LogP contribution in [-0.4, -0.2) is 44.5 Å². The molecule has 1 saturated heterocycles. The van der Waals surface area contributed by atoms with Crippen LogP contribution in [0.2, 0.25) is 0 Å². The minimum absolute atomic E-state index is 0.0563. The first-order valence-corrected chi connectivity index (χ1v) is 14.1. The Morgan fingerprint density at radius 1 is 1.00 bits per heavy atom. The van der Waals surface area contributed by atoms with E-state index in [0.29, 0.717) is 45.8 Å². The molecule has 1 amide bonds. The summed E-state index contributed by atoms with van der Waals surface area (Å²) in [6, 6.07) is 21.3. The van der Waals surface area contributed by atoms with Gasteiger partial charge in [-0.25, -0.2) is 4.99 Å². The van der Waals surface area contributed by atoms with E-state index in [-0.39, 0.29) is 23.0 Å². The lowest BCUT2D eigenvalue weighted by Gasteiger charge is -2.15. The highest BCUT2D eigenvalue weighted by Crippen LogP contribution is 2.38. The van der Waals surface area contributed by atoms with Crippen LogP contribution in [0.4, 0.5) is 17.1 Å². The minimum Gasteiger partial charge on any atom is -0.496 e. The second-order valence-electron chi connectivity index (χ2n) is 9.69. The number of thioether (sulfide) groups is 1. The largest absolute Gasteiger partial charge is 0.496 e. The van der Waals surface area contributed by atoms with E-state index in [4.69, 9.17) is 9.15 Å². The van der Waals surface area contributed by atoms with E-state index in [1.807, 2.05) is 30.5 Å². The Balaban J connectivity index is 1.30. The number of carbonyl (C=O) groups excluding carboxylic acids is 1. The van der Waals surface area contributed by atoms with Crippen LogP contribution in [0.3, 0.4) is 0 Å². The molecule has 1 aliphatic heterocycles. The van der Waals surface area contributed by atoms with Gasteiger partial charge in [0, 0.05) is 47.9 Å². The maximum Gasteiger partial charge on any atom is 0.273 e. The number of aromatic amines is 1. The van der Waals surface area contributed by atoms with Crippen molar-refractivity contribution in [2.45, 2.75) is 6.42 Å².